The fourth-order valence-electron chi connectivity index (χ4n) is 1.96. The van der Waals surface area contributed by atoms with E-state index in [2.05, 4.69) is 4.74 Å². The lowest BCUT2D eigenvalue weighted by Gasteiger charge is -2.28. The van der Waals surface area contributed by atoms with E-state index in [1.165, 1.54) is 7.11 Å². The van der Waals surface area contributed by atoms with Crippen LogP contribution in [0.4, 0.5) is 0 Å². The molecule has 0 radical (unpaired) electrons. The Morgan fingerprint density at radius 1 is 1.16 bits per heavy atom. The number of methoxy groups -OCH3 is 1. The zero-order valence-corrected chi connectivity index (χ0v) is 12.5. The molecule has 0 aromatic heterocycles. The molecule has 0 rings (SSSR count). The minimum atomic E-state index is -1.70. The van der Waals surface area contributed by atoms with Crippen molar-refractivity contribution in [3.8, 4) is 0 Å². The van der Waals surface area contributed by atoms with Crippen LogP contribution >= 0.6 is 0 Å². The molecule has 112 valence electrons. The van der Waals surface area contributed by atoms with Crippen LogP contribution in [0.5, 0.6) is 0 Å². The molecule has 0 aliphatic rings. The molecule has 19 heavy (non-hydrogen) atoms. The molecule has 0 unspecified atom stereocenters. The quantitative estimate of drug-likeness (QED) is 0.654. The Bertz CT molecular complexity index is 316. The van der Waals surface area contributed by atoms with E-state index in [0.717, 1.165) is 0 Å². The summed E-state index contributed by atoms with van der Waals surface area (Å²) < 4.78 is 4.52. The lowest BCUT2D eigenvalue weighted by atomic mass is 9.82. The minimum absolute atomic E-state index is 0.142. The molecule has 0 aromatic rings. The summed E-state index contributed by atoms with van der Waals surface area (Å²) in [7, 11) is 1.22. The standard InChI is InChI=1S/C14H26O5/c1-10(2)12(16)14(18,9-11(15)19-5)8-6-7-13(3,4)17/h10,17-18H,6-9H2,1-5H3/t14-/m1/s1. The second-order valence-corrected chi connectivity index (χ2v) is 5.97. The van der Waals surface area contributed by atoms with Crippen LogP contribution in [0.1, 0.15) is 53.4 Å². The molecule has 0 aliphatic carbocycles. The van der Waals surface area contributed by atoms with Gasteiger partial charge in [0.2, 0.25) is 0 Å². The summed E-state index contributed by atoms with van der Waals surface area (Å²) in [5.74, 6) is -1.34. The van der Waals surface area contributed by atoms with Crippen molar-refractivity contribution in [2.45, 2.75) is 64.6 Å². The second kappa shape index (κ2) is 7.01. The zero-order valence-electron chi connectivity index (χ0n) is 12.5. The molecule has 0 saturated carbocycles. The van der Waals surface area contributed by atoms with Gasteiger partial charge in [0.25, 0.3) is 0 Å². The monoisotopic (exact) mass is 274 g/mol. The molecule has 0 fully saturated rings. The van der Waals surface area contributed by atoms with E-state index in [9.17, 15) is 19.8 Å². The SMILES string of the molecule is COC(=O)C[C@](O)(CCCC(C)(C)O)C(=O)C(C)C. The molecule has 5 heteroatoms. The van der Waals surface area contributed by atoms with Crippen molar-refractivity contribution in [1.29, 1.82) is 0 Å². The van der Waals surface area contributed by atoms with Gasteiger partial charge in [-0.3, -0.25) is 9.59 Å². The molecular weight excluding hydrogens is 248 g/mol. The Morgan fingerprint density at radius 3 is 2.05 bits per heavy atom. The Morgan fingerprint density at radius 2 is 1.68 bits per heavy atom. The van der Waals surface area contributed by atoms with Gasteiger partial charge in [0.1, 0.15) is 5.60 Å². The zero-order chi connectivity index (χ0) is 15.3. The van der Waals surface area contributed by atoms with Crippen LogP contribution in [-0.2, 0) is 14.3 Å². The number of rotatable bonds is 8. The van der Waals surface area contributed by atoms with Crippen LogP contribution in [0.25, 0.3) is 0 Å². The Balaban J connectivity index is 4.76. The van der Waals surface area contributed by atoms with Crippen molar-refractivity contribution in [1.82, 2.24) is 0 Å². The Labute approximate surface area is 115 Å². The highest BCUT2D eigenvalue weighted by molar-refractivity contribution is 5.92. The van der Waals surface area contributed by atoms with Gasteiger partial charge in [-0.2, -0.15) is 0 Å². The molecule has 1 atom stereocenters. The third kappa shape index (κ3) is 6.68. The number of aliphatic hydroxyl groups is 2. The van der Waals surface area contributed by atoms with Crippen molar-refractivity contribution >= 4 is 11.8 Å². The maximum absolute atomic E-state index is 12.1. The predicted octanol–water partition coefficient (Wildman–Crippen LogP) is 1.45. The average molecular weight is 274 g/mol. The van der Waals surface area contributed by atoms with Gasteiger partial charge in [0.15, 0.2) is 5.78 Å². The van der Waals surface area contributed by atoms with Gasteiger partial charge in [0.05, 0.1) is 19.1 Å². The van der Waals surface area contributed by atoms with Crippen molar-refractivity contribution in [2.24, 2.45) is 5.92 Å². The molecule has 0 aromatic carbocycles. The Kier molecular flexibility index (Phi) is 6.66. The smallest absolute Gasteiger partial charge is 0.308 e. The molecule has 2 N–H and O–H groups in total. The summed E-state index contributed by atoms with van der Waals surface area (Å²) in [6.45, 7) is 6.69. The molecule has 0 saturated heterocycles. The molecular formula is C14H26O5. The Hall–Kier alpha value is -0.940. The first-order valence-corrected chi connectivity index (χ1v) is 6.58. The van der Waals surface area contributed by atoms with Crippen molar-refractivity contribution in [3.63, 3.8) is 0 Å². The minimum Gasteiger partial charge on any atom is -0.469 e. The molecule has 0 amide bonds. The predicted molar refractivity (Wildman–Crippen MR) is 71.6 cm³/mol. The fraction of sp³-hybridized carbons (Fsp3) is 0.857. The second-order valence-electron chi connectivity index (χ2n) is 5.97. The number of esters is 1. The highest BCUT2D eigenvalue weighted by atomic mass is 16.5. The number of ketones is 1. The summed E-state index contributed by atoms with van der Waals surface area (Å²) in [6.07, 6.45) is 0.701. The summed E-state index contributed by atoms with van der Waals surface area (Å²) in [4.78, 5) is 23.4. The average Bonchev–Trinajstić information content (AvgIpc) is 2.25. The van der Waals surface area contributed by atoms with Gasteiger partial charge in [-0.25, -0.2) is 0 Å². The number of carbonyl (C=O) groups is 2. The van der Waals surface area contributed by atoms with Crippen LogP contribution in [0, 0.1) is 5.92 Å². The van der Waals surface area contributed by atoms with Gasteiger partial charge in [-0.15, -0.1) is 0 Å². The van der Waals surface area contributed by atoms with E-state index in [-0.39, 0.29) is 24.5 Å². The third-order valence-corrected chi connectivity index (χ3v) is 3.03. The topological polar surface area (TPSA) is 83.8 Å². The van der Waals surface area contributed by atoms with E-state index in [0.29, 0.717) is 12.8 Å². The first-order chi connectivity index (χ1) is 8.52. The first-order valence-electron chi connectivity index (χ1n) is 6.58. The molecule has 0 heterocycles. The van der Waals surface area contributed by atoms with Gasteiger partial charge in [-0.05, 0) is 33.1 Å². The van der Waals surface area contributed by atoms with E-state index < -0.39 is 17.2 Å². The molecule has 0 bridgehead atoms. The molecule has 0 aliphatic heterocycles. The summed E-state index contributed by atoms with van der Waals surface area (Å²) in [6, 6.07) is 0. The van der Waals surface area contributed by atoms with Gasteiger partial charge in [0, 0.05) is 5.92 Å². The van der Waals surface area contributed by atoms with E-state index in [1.54, 1.807) is 27.7 Å². The number of carbonyl (C=O) groups excluding carboxylic acids is 2. The maximum Gasteiger partial charge on any atom is 0.308 e. The lowest BCUT2D eigenvalue weighted by molar-refractivity contribution is -0.155. The molecule has 0 spiro atoms. The molecule has 5 nitrogen and oxygen atoms in total. The lowest BCUT2D eigenvalue weighted by Crippen LogP contribution is -2.43. The van der Waals surface area contributed by atoms with Crippen LogP contribution in [-0.4, -0.2) is 40.3 Å². The normalized spacial score (nSPS) is 15.2. The van der Waals surface area contributed by atoms with Gasteiger partial charge < -0.3 is 14.9 Å². The summed E-state index contributed by atoms with van der Waals surface area (Å²) in [5.41, 5.74) is -2.56. The van der Waals surface area contributed by atoms with Crippen LogP contribution in [0.2, 0.25) is 0 Å². The number of Topliss-reactive ketones (excluding diaryl/α,β-unsaturated/α-hetero) is 1. The fourth-order valence-corrected chi connectivity index (χ4v) is 1.96. The van der Waals surface area contributed by atoms with Crippen molar-refractivity contribution in [2.75, 3.05) is 7.11 Å². The van der Waals surface area contributed by atoms with Crippen molar-refractivity contribution in [3.05, 3.63) is 0 Å². The third-order valence-electron chi connectivity index (χ3n) is 3.03. The number of hydrogen-bond acceptors (Lipinski definition) is 5. The highest BCUT2D eigenvalue weighted by Gasteiger charge is 2.39. The van der Waals surface area contributed by atoms with Gasteiger partial charge >= 0.3 is 5.97 Å². The van der Waals surface area contributed by atoms with E-state index in [4.69, 9.17) is 0 Å². The van der Waals surface area contributed by atoms with E-state index >= 15 is 0 Å². The number of ether oxygens (including phenoxy) is 1. The maximum atomic E-state index is 12.1. The highest BCUT2D eigenvalue weighted by Crippen LogP contribution is 2.26. The first kappa shape index (κ1) is 18.1. The van der Waals surface area contributed by atoms with Crippen LogP contribution < -0.4 is 0 Å². The van der Waals surface area contributed by atoms with Crippen molar-refractivity contribution < 1.29 is 24.5 Å². The summed E-state index contributed by atoms with van der Waals surface area (Å²) >= 11 is 0. The van der Waals surface area contributed by atoms with Crippen LogP contribution in [0.3, 0.4) is 0 Å². The number of hydrogen-bond donors (Lipinski definition) is 2. The van der Waals surface area contributed by atoms with E-state index in [1.807, 2.05) is 0 Å². The largest absolute Gasteiger partial charge is 0.469 e. The van der Waals surface area contributed by atoms with Gasteiger partial charge in [-0.1, -0.05) is 13.8 Å². The summed E-state index contributed by atoms with van der Waals surface area (Å²) in [5, 5.41) is 20.0. The van der Waals surface area contributed by atoms with Crippen LogP contribution in [0.15, 0.2) is 0 Å².